The van der Waals surface area contributed by atoms with E-state index >= 15 is 0 Å². The van der Waals surface area contributed by atoms with Gasteiger partial charge in [-0.1, -0.05) is 6.07 Å². The summed E-state index contributed by atoms with van der Waals surface area (Å²) in [6, 6.07) is 11.9. The summed E-state index contributed by atoms with van der Waals surface area (Å²) in [5, 5.41) is 11.9. The van der Waals surface area contributed by atoms with Gasteiger partial charge in [0.1, 0.15) is 0 Å². The Hall–Kier alpha value is -3.30. The molecule has 2 N–H and O–H groups in total. The van der Waals surface area contributed by atoms with Crippen LogP contribution in [0.25, 0.3) is 0 Å². The first-order valence-corrected chi connectivity index (χ1v) is 10.9. The minimum Gasteiger partial charge on any atom is -0.481 e. The predicted molar refractivity (Wildman–Crippen MR) is 120 cm³/mol. The summed E-state index contributed by atoms with van der Waals surface area (Å²) in [6.45, 7) is 1.71. The molecule has 174 valence electrons. The van der Waals surface area contributed by atoms with Crippen LogP contribution in [0.3, 0.4) is 0 Å². The second-order valence-electron chi connectivity index (χ2n) is 8.03. The number of carboxylic acids is 1. The second kappa shape index (κ2) is 10.1. The van der Waals surface area contributed by atoms with Crippen LogP contribution < -0.4 is 14.8 Å². The average Bonchev–Trinajstić information content (AvgIpc) is 3.27. The van der Waals surface area contributed by atoms with Gasteiger partial charge in [-0.2, -0.15) is 0 Å². The van der Waals surface area contributed by atoms with Crippen molar-refractivity contribution in [2.24, 2.45) is 5.92 Å². The fourth-order valence-electron chi connectivity index (χ4n) is 3.85. The van der Waals surface area contributed by atoms with Gasteiger partial charge in [0.15, 0.2) is 11.5 Å². The zero-order valence-corrected chi connectivity index (χ0v) is 18.6. The van der Waals surface area contributed by atoms with E-state index in [4.69, 9.17) is 26.4 Å². The van der Waals surface area contributed by atoms with E-state index in [1.165, 1.54) is 0 Å². The molecule has 0 radical (unpaired) electrons. The maximum absolute atomic E-state index is 12.7. The Kier molecular flexibility index (Phi) is 7.00. The number of hydrogen-bond acceptors (Lipinski definition) is 6. The normalized spacial score (nSPS) is 15.8. The molecule has 4 rings (SSSR count). The zero-order valence-electron chi connectivity index (χ0n) is 17.8. The van der Waals surface area contributed by atoms with Crippen molar-refractivity contribution in [1.29, 1.82) is 0 Å². The van der Waals surface area contributed by atoms with E-state index in [-0.39, 0.29) is 37.6 Å². The summed E-state index contributed by atoms with van der Waals surface area (Å²) in [4.78, 5) is 37.9. The van der Waals surface area contributed by atoms with E-state index in [2.05, 4.69) is 5.32 Å². The summed E-state index contributed by atoms with van der Waals surface area (Å²) >= 11 is 6.21. The second-order valence-corrected chi connectivity index (χ2v) is 8.44. The highest BCUT2D eigenvalue weighted by molar-refractivity contribution is 6.24. The molecule has 10 heteroatoms. The molecule has 2 amide bonds. The number of aliphatic carboxylic acids is 1. The van der Waals surface area contributed by atoms with Crippen LogP contribution in [0, 0.1) is 5.92 Å². The van der Waals surface area contributed by atoms with E-state index in [0.717, 1.165) is 9.98 Å². The van der Waals surface area contributed by atoms with Gasteiger partial charge >= 0.3 is 5.97 Å². The van der Waals surface area contributed by atoms with Crippen LogP contribution in [-0.2, 0) is 16.1 Å². The molecule has 33 heavy (non-hydrogen) atoms. The van der Waals surface area contributed by atoms with Gasteiger partial charge in [-0.05, 0) is 67.9 Å². The van der Waals surface area contributed by atoms with E-state index < -0.39 is 5.97 Å². The van der Waals surface area contributed by atoms with Gasteiger partial charge in [0.05, 0.1) is 19.0 Å². The number of fused-ring (bicyclic) bond motifs is 1. The molecule has 0 aliphatic carbocycles. The third-order valence-corrected chi connectivity index (χ3v) is 5.97. The van der Waals surface area contributed by atoms with E-state index in [0.29, 0.717) is 48.7 Å². The Balaban J connectivity index is 1.27. The molecule has 0 bridgehead atoms. The van der Waals surface area contributed by atoms with Crippen molar-refractivity contribution in [2.45, 2.75) is 19.4 Å². The Labute approximate surface area is 195 Å². The van der Waals surface area contributed by atoms with Crippen molar-refractivity contribution < 1.29 is 29.0 Å². The summed E-state index contributed by atoms with van der Waals surface area (Å²) in [6.07, 6.45) is 1.08. The fraction of sp³-hybridized carbons (Fsp3) is 0.348. The molecule has 0 aromatic heterocycles. The molecule has 0 atom stereocenters. The van der Waals surface area contributed by atoms with E-state index in [1.807, 2.05) is 11.0 Å². The van der Waals surface area contributed by atoms with Crippen molar-refractivity contribution in [3.05, 3.63) is 53.6 Å². The highest BCUT2D eigenvalue weighted by atomic mass is 35.5. The lowest BCUT2D eigenvalue weighted by Gasteiger charge is -2.29. The number of halogens is 1. The third kappa shape index (κ3) is 5.74. The van der Waals surface area contributed by atoms with Crippen molar-refractivity contribution in [3.8, 4) is 11.5 Å². The first-order valence-electron chi connectivity index (χ1n) is 10.6. The number of carbonyl (C=O) groups excluding carboxylic acids is 2. The molecule has 0 spiro atoms. The number of anilines is 1. The Bertz CT molecular complexity index is 1040. The van der Waals surface area contributed by atoms with Crippen molar-refractivity contribution in [3.63, 3.8) is 0 Å². The Morgan fingerprint density at radius 1 is 1.06 bits per heavy atom. The highest BCUT2D eigenvalue weighted by Gasteiger charge is 2.25. The number of carbonyl (C=O) groups is 3. The van der Waals surface area contributed by atoms with Crippen LogP contribution in [0.1, 0.15) is 28.8 Å². The standard InChI is InChI=1S/C23H24ClN3O6/c24-27(12-15-1-6-19-20(11-15)33-14-32-19)22(29)16-2-4-18(5-3-16)25-21(28)13-26-9-7-17(8-10-26)23(30)31/h1-6,11,17H,7-10,12-14H2,(H,25,28)(H,30,31). The predicted octanol–water partition coefficient (Wildman–Crippen LogP) is 2.95. The lowest BCUT2D eigenvalue weighted by Crippen LogP contribution is -2.40. The monoisotopic (exact) mass is 473 g/mol. The van der Waals surface area contributed by atoms with Crippen LogP contribution >= 0.6 is 11.8 Å². The molecule has 2 heterocycles. The maximum atomic E-state index is 12.7. The highest BCUT2D eigenvalue weighted by Crippen LogP contribution is 2.33. The molecule has 1 fully saturated rings. The number of hydrogen-bond donors (Lipinski definition) is 2. The molecule has 1 saturated heterocycles. The topological polar surface area (TPSA) is 108 Å². The molecule has 2 aromatic carbocycles. The van der Waals surface area contributed by atoms with Gasteiger partial charge in [0, 0.05) is 23.0 Å². The van der Waals surface area contributed by atoms with Crippen molar-refractivity contribution in [1.82, 2.24) is 9.32 Å². The van der Waals surface area contributed by atoms with Gasteiger partial charge < -0.3 is 19.9 Å². The molecule has 0 unspecified atom stereocenters. The Morgan fingerprint density at radius 2 is 1.76 bits per heavy atom. The van der Waals surface area contributed by atoms with Crippen LogP contribution in [0.15, 0.2) is 42.5 Å². The van der Waals surface area contributed by atoms with Crippen LogP contribution in [-0.4, -0.2) is 58.6 Å². The Morgan fingerprint density at radius 3 is 2.45 bits per heavy atom. The smallest absolute Gasteiger partial charge is 0.306 e. The summed E-state index contributed by atoms with van der Waals surface area (Å²) in [7, 11) is 0. The largest absolute Gasteiger partial charge is 0.481 e. The lowest BCUT2D eigenvalue weighted by atomic mass is 9.97. The number of benzene rings is 2. The summed E-state index contributed by atoms with van der Waals surface area (Å²) in [5.74, 6) is -0.385. The van der Waals surface area contributed by atoms with E-state index in [1.54, 1.807) is 36.4 Å². The SMILES string of the molecule is O=C(CN1CCC(C(=O)O)CC1)Nc1ccc(C(=O)N(Cl)Cc2ccc3c(c2)OCO3)cc1. The van der Waals surface area contributed by atoms with Gasteiger partial charge in [0.2, 0.25) is 12.7 Å². The number of rotatable bonds is 7. The summed E-state index contributed by atoms with van der Waals surface area (Å²) < 4.78 is 11.7. The number of carboxylic acid groups (broad SMARTS) is 1. The third-order valence-electron chi connectivity index (χ3n) is 5.70. The number of ether oxygens (including phenoxy) is 2. The number of amides is 2. The van der Waals surface area contributed by atoms with Gasteiger partial charge in [0.25, 0.3) is 5.91 Å². The average molecular weight is 474 g/mol. The molecule has 0 saturated carbocycles. The van der Waals surface area contributed by atoms with Crippen molar-refractivity contribution >= 4 is 35.2 Å². The first kappa shape index (κ1) is 22.9. The molecule has 9 nitrogen and oxygen atoms in total. The minimum absolute atomic E-state index is 0.175. The molecule has 2 aliphatic rings. The first-order chi connectivity index (χ1) is 15.9. The number of nitrogens with zero attached hydrogens (tertiary/aromatic N) is 2. The van der Waals surface area contributed by atoms with Crippen LogP contribution in [0.4, 0.5) is 5.69 Å². The van der Waals surface area contributed by atoms with Gasteiger partial charge in [-0.15, -0.1) is 0 Å². The van der Waals surface area contributed by atoms with Gasteiger partial charge in [-0.25, -0.2) is 4.42 Å². The zero-order chi connectivity index (χ0) is 23.4. The van der Waals surface area contributed by atoms with E-state index in [9.17, 15) is 14.4 Å². The lowest BCUT2D eigenvalue weighted by molar-refractivity contribution is -0.143. The van der Waals surface area contributed by atoms with Crippen molar-refractivity contribution in [2.75, 3.05) is 31.7 Å². The number of nitrogens with one attached hydrogen (secondary N) is 1. The van der Waals surface area contributed by atoms with Crippen LogP contribution in [0.5, 0.6) is 11.5 Å². The maximum Gasteiger partial charge on any atom is 0.306 e. The quantitative estimate of drug-likeness (QED) is 0.595. The number of likely N-dealkylation sites (tertiary alicyclic amines) is 1. The minimum atomic E-state index is -0.778. The van der Waals surface area contributed by atoms with Gasteiger partial charge in [-0.3, -0.25) is 19.3 Å². The molecule has 2 aliphatic heterocycles. The molecular weight excluding hydrogens is 450 g/mol. The molecule has 2 aromatic rings. The number of piperidine rings is 1. The fourth-order valence-corrected chi connectivity index (χ4v) is 4.08. The summed E-state index contributed by atoms with van der Waals surface area (Å²) in [5.41, 5.74) is 1.76. The van der Waals surface area contributed by atoms with Crippen LogP contribution in [0.2, 0.25) is 0 Å². The molecular formula is C23H24ClN3O6.